The number of carbonyl (C=O) groups is 2. The van der Waals surface area contributed by atoms with Gasteiger partial charge in [-0.25, -0.2) is 0 Å². The molecule has 1 aromatic rings. The number of carbonyl (C=O) groups excluding carboxylic acids is 2. The van der Waals surface area contributed by atoms with Crippen molar-refractivity contribution in [2.24, 2.45) is 0 Å². The van der Waals surface area contributed by atoms with Crippen LogP contribution in [0.5, 0.6) is 0 Å². The van der Waals surface area contributed by atoms with Crippen LogP contribution in [0.25, 0.3) is 0 Å². The van der Waals surface area contributed by atoms with Gasteiger partial charge in [-0.3, -0.25) is 9.59 Å². The first-order valence-electron chi connectivity index (χ1n) is 5.10. The molecule has 0 aliphatic heterocycles. The fourth-order valence-electron chi connectivity index (χ4n) is 1.26. The summed E-state index contributed by atoms with van der Waals surface area (Å²) >= 11 is 0. The van der Waals surface area contributed by atoms with Crippen molar-refractivity contribution < 1.29 is 9.59 Å². The van der Waals surface area contributed by atoms with E-state index in [0.717, 1.165) is 5.57 Å². The lowest BCUT2D eigenvalue weighted by Crippen LogP contribution is -2.15. The van der Waals surface area contributed by atoms with Crippen LogP contribution in [0.2, 0.25) is 0 Å². The molecule has 0 saturated heterocycles. The van der Waals surface area contributed by atoms with Crippen molar-refractivity contribution in [3.05, 3.63) is 42.0 Å². The number of ketones is 1. The number of amides is 1. The van der Waals surface area contributed by atoms with Gasteiger partial charge in [-0.1, -0.05) is 23.8 Å². The Kier molecular flexibility index (Phi) is 4.45. The number of rotatable bonds is 4. The zero-order valence-corrected chi connectivity index (χ0v) is 9.49. The van der Waals surface area contributed by atoms with E-state index in [1.54, 1.807) is 12.1 Å². The minimum Gasteiger partial charge on any atom is -0.326 e. The molecule has 16 heavy (non-hydrogen) atoms. The average molecular weight is 217 g/mol. The van der Waals surface area contributed by atoms with Gasteiger partial charge in [0.05, 0.1) is 6.42 Å². The summed E-state index contributed by atoms with van der Waals surface area (Å²) < 4.78 is 0. The van der Waals surface area contributed by atoms with Crippen molar-refractivity contribution in [3.8, 4) is 0 Å². The van der Waals surface area contributed by atoms with Crippen molar-refractivity contribution >= 4 is 17.4 Å². The Morgan fingerprint density at radius 1 is 1.19 bits per heavy atom. The lowest BCUT2D eigenvalue weighted by Gasteiger charge is -2.02. The Balaban J connectivity index is 2.49. The van der Waals surface area contributed by atoms with Gasteiger partial charge in [0, 0.05) is 5.69 Å². The Labute approximate surface area is 95.2 Å². The predicted molar refractivity (Wildman–Crippen MR) is 64.1 cm³/mol. The maximum absolute atomic E-state index is 11.4. The molecule has 1 N–H and O–H groups in total. The smallest absolute Gasteiger partial charge is 0.232 e. The maximum atomic E-state index is 11.4. The quantitative estimate of drug-likeness (QED) is 0.622. The molecule has 0 heterocycles. The zero-order valence-electron chi connectivity index (χ0n) is 9.49. The van der Waals surface area contributed by atoms with Crippen LogP contribution in [0.4, 0.5) is 5.69 Å². The van der Waals surface area contributed by atoms with E-state index in [0.29, 0.717) is 5.69 Å². The normalized spacial score (nSPS) is 9.38. The van der Waals surface area contributed by atoms with E-state index in [2.05, 4.69) is 5.32 Å². The maximum Gasteiger partial charge on any atom is 0.232 e. The molecule has 1 rings (SSSR count). The third kappa shape index (κ3) is 4.55. The lowest BCUT2D eigenvalue weighted by atomic mass is 10.2. The summed E-state index contributed by atoms with van der Waals surface area (Å²) in [6, 6.07) is 9.08. The first kappa shape index (κ1) is 12.2. The molecule has 0 atom stereocenters. The predicted octanol–water partition coefficient (Wildman–Crippen LogP) is 2.55. The SMILES string of the molecule is CC(C)=CC(=O)CC(=O)Nc1ccccc1. The molecular formula is C13H15NO2. The monoisotopic (exact) mass is 217 g/mol. The molecule has 1 aromatic carbocycles. The third-order valence-electron chi connectivity index (χ3n) is 1.84. The lowest BCUT2D eigenvalue weighted by molar-refractivity contribution is -0.122. The van der Waals surface area contributed by atoms with Crippen molar-refractivity contribution in [1.29, 1.82) is 0 Å². The van der Waals surface area contributed by atoms with Gasteiger partial charge in [0.25, 0.3) is 0 Å². The van der Waals surface area contributed by atoms with Crippen LogP contribution in [0.15, 0.2) is 42.0 Å². The van der Waals surface area contributed by atoms with Crippen LogP contribution in [-0.2, 0) is 9.59 Å². The first-order chi connectivity index (χ1) is 7.58. The van der Waals surface area contributed by atoms with E-state index >= 15 is 0 Å². The molecule has 0 radical (unpaired) electrons. The van der Waals surface area contributed by atoms with Gasteiger partial charge in [-0.05, 0) is 32.1 Å². The molecular weight excluding hydrogens is 202 g/mol. The molecule has 3 nitrogen and oxygen atoms in total. The van der Waals surface area contributed by atoms with Crippen LogP contribution in [0.3, 0.4) is 0 Å². The van der Waals surface area contributed by atoms with Crippen LogP contribution >= 0.6 is 0 Å². The highest BCUT2D eigenvalue weighted by molar-refractivity contribution is 6.08. The summed E-state index contributed by atoms with van der Waals surface area (Å²) in [5.41, 5.74) is 1.61. The second-order valence-electron chi connectivity index (χ2n) is 3.78. The Morgan fingerprint density at radius 3 is 2.38 bits per heavy atom. The number of allylic oxidation sites excluding steroid dienone is 2. The summed E-state index contributed by atoms with van der Waals surface area (Å²) in [4.78, 5) is 22.8. The number of nitrogens with one attached hydrogen (secondary N) is 1. The van der Waals surface area contributed by atoms with Crippen LogP contribution in [0.1, 0.15) is 20.3 Å². The zero-order chi connectivity index (χ0) is 12.0. The van der Waals surface area contributed by atoms with E-state index in [-0.39, 0.29) is 18.1 Å². The van der Waals surface area contributed by atoms with Crippen LogP contribution in [-0.4, -0.2) is 11.7 Å². The largest absolute Gasteiger partial charge is 0.326 e. The van der Waals surface area contributed by atoms with Crippen molar-refractivity contribution in [3.63, 3.8) is 0 Å². The molecule has 0 unspecified atom stereocenters. The fourth-order valence-corrected chi connectivity index (χ4v) is 1.26. The minimum absolute atomic E-state index is 0.111. The van der Waals surface area contributed by atoms with Crippen LogP contribution < -0.4 is 5.32 Å². The minimum atomic E-state index is -0.284. The van der Waals surface area contributed by atoms with Crippen LogP contribution in [0, 0.1) is 0 Å². The summed E-state index contributed by atoms with van der Waals surface area (Å²) in [5, 5.41) is 2.66. The van der Waals surface area contributed by atoms with E-state index in [4.69, 9.17) is 0 Å². The van der Waals surface area contributed by atoms with E-state index in [1.165, 1.54) is 6.08 Å². The molecule has 0 aliphatic rings. The molecule has 0 bridgehead atoms. The molecule has 1 amide bonds. The summed E-state index contributed by atoms with van der Waals surface area (Å²) in [6.45, 7) is 3.65. The number of anilines is 1. The number of benzene rings is 1. The van der Waals surface area contributed by atoms with E-state index in [9.17, 15) is 9.59 Å². The molecule has 0 aromatic heterocycles. The van der Waals surface area contributed by atoms with Crippen molar-refractivity contribution in [1.82, 2.24) is 0 Å². The molecule has 0 spiro atoms. The summed E-state index contributed by atoms with van der Waals surface area (Å²) in [7, 11) is 0. The third-order valence-corrected chi connectivity index (χ3v) is 1.84. The van der Waals surface area contributed by atoms with Gasteiger partial charge < -0.3 is 5.32 Å². The molecule has 84 valence electrons. The molecule has 0 aliphatic carbocycles. The average Bonchev–Trinajstić information content (AvgIpc) is 2.17. The van der Waals surface area contributed by atoms with Gasteiger partial charge in [0.15, 0.2) is 5.78 Å². The molecule has 0 fully saturated rings. The Hall–Kier alpha value is -1.90. The van der Waals surface area contributed by atoms with Gasteiger partial charge in [-0.15, -0.1) is 0 Å². The summed E-state index contributed by atoms with van der Waals surface area (Å²) in [6.07, 6.45) is 1.37. The second-order valence-corrected chi connectivity index (χ2v) is 3.78. The Bertz CT molecular complexity index is 403. The molecule has 3 heteroatoms. The number of para-hydroxylation sites is 1. The summed E-state index contributed by atoms with van der Waals surface area (Å²) in [5.74, 6) is -0.456. The highest BCUT2D eigenvalue weighted by atomic mass is 16.2. The highest BCUT2D eigenvalue weighted by Crippen LogP contribution is 2.05. The highest BCUT2D eigenvalue weighted by Gasteiger charge is 2.06. The second kappa shape index (κ2) is 5.85. The van der Waals surface area contributed by atoms with E-state index < -0.39 is 0 Å². The fraction of sp³-hybridized carbons (Fsp3) is 0.231. The van der Waals surface area contributed by atoms with Gasteiger partial charge in [0.2, 0.25) is 5.91 Å². The van der Waals surface area contributed by atoms with Gasteiger partial charge in [0.1, 0.15) is 0 Å². The van der Waals surface area contributed by atoms with Gasteiger partial charge >= 0.3 is 0 Å². The topological polar surface area (TPSA) is 46.2 Å². The molecule has 0 saturated carbocycles. The first-order valence-corrected chi connectivity index (χ1v) is 5.10. The van der Waals surface area contributed by atoms with Gasteiger partial charge in [-0.2, -0.15) is 0 Å². The number of hydrogen-bond donors (Lipinski definition) is 1. The standard InChI is InChI=1S/C13H15NO2/c1-10(2)8-12(15)9-13(16)14-11-6-4-3-5-7-11/h3-8H,9H2,1-2H3,(H,14,16). The van der Waals surface area contributed by atoms with Crippen molar-refractivity contribution in [2.75, 3.05) is 5.32 Å². The van der Waals surface area contributed by atoms with Crippen molar-refractivity contribution in [2.45, 2.75) is 20.3 Å². The van der Waals surface area contributed by atoms with E-state index in [1.807, 2.05) is 32.0 Å². The Morgan fingerprint density at radius 2 is 1.81 bits per heavy atom. The number of hydrogen-bond acceptors (Lipinski definition) is 2.